The van der Waals surface area contributed by atoms with Crippen molar-refractivity contribution >= 4 is 28.8 Å². The van der Waals surface area contributed by atoms with E-state index in [2.05, 4.69) is 18.8 Å². The number of aromatic nitrogens is 4. The molecule has 2 aromatic rings. The summed E-state index contributed by atoms with van der Waals surface area (Å²) in [5.41, 5.74) is -0.0176. The van der Waals surface area contributed by atoms with Crippen LogP contribution in [-0.2, 0) is 18.9 Å². The third-order valence-electron chi connectivity index (χ3n) is 5.58. The SMILES string of the molecule is CC(C)n1c(SCC(=O)N2[C@H](C)CCC[C@@H]2C)nc2c1c(=O)n(C)c(=O)n2C. The van der Waals surface area contributed by atoms with Gasteiger partial charge >= 0.3 is 5.69 Å². The zero-order valence-corrected chi connectivity index (χ0v) is 18.2. The van der Waals surface area contributed by atoms with Gasteiger partial charge in [0.1, 0.15) is 0 Å². The molecule has 8 nitrogen and oxygen atoms in total. The Morgan fingerprint density at radius 3 is 2.32 bits per heavy atom. The monoisotopic (exact) mass is 407 g/mol. The van der Waals surface area contributed by atoms with E-state index in [1.165, 1.54) is 23.4 Å². The van der Waals surface area contributed by atoms with Gasteiger partial charge in [0.25, 0.3) is 5.56 Å². The molecule has 28 heavy (non-hydrogen) atoms. The Labute approximate surface area is 168 Å². The number of hydrogen-bond donors (Lipinski definition) is 0. The summed E-state index contributed by atoms with van der Waals surface area (Å²) in [5, 5.41) is 0.592. The van der Waals surface area contributed by atoms with Crippen molar-refractivity contribution in [1.82, 2.24) is 23.6 Å². The van der Waals surface area contributed by atoms with Crippen molar-refractivity contribution in [3.05, 3.63) is 20.8 Å². The molecule has 0 aliphatic carbocycles. The molecule has 9 heteroatoms. The van der Waals surface area contributed by atoms with E-state index < -0.39 is 5.69 Å². The van der Waals surface area contributed by atoms with Crippen molar-refractivity contribution in [3.63, 3.8) is 0 Å². The Morgan fingerprint density at radius 1 is 1.14 bits per heavy atom. The molecular formula is C19H29N5O3S. The summed E-state index contributed by atoms with van der Waals surface area (Å²) in [4.78, 5) is 44.4. The number of imidazole rings is 1. The van der Waals surface area contributed by atoms with Crippen molar-refractivity contribution in [3.8, 4) is 0 Å². The predicted molar refractivity (Wildman–Crippen MR) is 111 cm³/mol. The molecule has 0 N–H and O–H groups in total. The molecule has 2 atom stereocenters. The summed E-state index contributed by atoms with van der Waals surface area (Å²) >= 11 is 1.33. The van der Waals surface area contributed by atoms with Crippen molar-refractivity contribution in [2.24, 2.45) is 14.1 Å². The molecule has 0 spiro atoms. The lowest BCUT2D eigenvalue weighted by Crippen LogP contribution is -2.48. The molecular weight excluding hydrogens is 378 g/mol. The van der Waals surface area contributed by atoms with Gasteiger partial charge in [0.15, 0.2) is 16.3 Å². The van der Waals surface area contributed by atoms with Gasteiger partial charge in [0.05, 0.1) is 5.75 Å². The van der Waals surface area contributed by atoms with Gasteiger partial charge in [-0.2, -0.15) is 0 Å². The molecule has 2 aromatic heterocycles. The predicted octanol–water partition coefficient (Wildman–Crippen LogP) is 1.90. The van der Waals surface area contributed by atoms with E-state index in [0.29, 0.717) is 16.3 Å². The molecule has 1 aliphatic heterocycles. The second kappa shape index (κ2) is 7.77. The lowest BCUT2D eigenvalue weighted by atomic mass is 9.98. The van der Waals surface area contributed by atoms with Crippen molar-refractivity contribution in [2.75, 3.05) is 5.75 Å². The maximum absolute atomic E-state index is 12.9. The zero-order valence-electron chi connectivity index (χ0n) is 17.4. The van der Waals surface area contributed by atoms with Crippen LogP contribution in [0.3, 0.4) is 0 Å². The molecule has 1 saturated heterocycles. The first-order chi connectivity index (χ1) is 13.1. The summed E-state index contributed by atoms with van der Waals surface area (Å²) in [6.07, 6.45) is 3.21. The number of carbonyl (C=O) groups is 1. The van der Waals surface area contributed by atoms with Gasteiger partial charge in [-0.1, -0.05) is 11.8 Å². The van der Waals surface area contributed by atoms with E-state index in [-0.39, 0.29) is 35.3 Å². The van der Waals surface area contributed by atoms with Gasteiger partial charge in [-0.15, -0.1) is 0 Å². The van der Waals surface area contributed by atoms with Crippen LogP contribution in [0.4, 0.5) is 0 Å². The third-order valence-corrected chi connectivity index (χ3v) is 6.52. The second-order valence-electron chi connectivity index (χ2n) is 7.95. The van der Waals surface area contributed by atoms with Gasteiger partial charge in [-0.25, -0.2) is 9.78 Å². The fourth-order valence-electron chi connectivity index (χ4n) is 4.09. The summed E-state index contributed by atoms with van der Waals surface area (Å²) in [5.74, 6) is 0.354. The largest absolute Gasteiger partial charge is 0.337 e. The van der Waals surface area contributed by atoms with Gasteiger partial charge in [0, 0.05) is 32.2 Å². The molecule has 3 rings (SSSR count). The maximum Gasteiger partial charge on any atom is 0.332 e. The molecule has 0 unspecified atom stereocenters. The van der Waals surface area contributed by atoms with Crippen LogP contribution in [0.15, 0.2) is 14.7 Å². The first-order valence-electron chi connectivity index (χ1n) is 9.77. The van der Waals surface area contributed by atoms with Crippen LogP contribution in [0.25, 0.3) is 11.2 Å². The Kier molecular flexibility index (Phi) is 5.74. The highest BCUT2D eigenvalue weighted by molar-refractivity contribution is 7.99. The number of thioether (sulfide) groups is 1. The third kappa shape index (κ3) is 3.40. The Bertz CT molecular complexity index is 1010. The molecule has 1 fully saturated rings. The van der Waals surface area contributed by atoms with Gasteiger partial charge in [-0.3, -0.25) is 18.7 Å². The molecule has 1 amide bonds. The highest BCUT2D eigenvalue weighted by Crippen LogP contribution is 2.28. The number of carbonyl (C=O) groups excluding carboxylic acids is 1. The summed E-state index contributed by atoms with van der Waals surface area (Å²) in [6, 6.07) is 0.461. The second-order valence-corrected chi connectivity index (χ2v) is 8.90. The first kappa shape index (κ1) is 20.7. The number of aryl methyl sites for hydroxylation is 1. The smallest absolute Gasteiger partial charge is 0.332 e. The van der Waals surface area contributed by atoms with E-state index in [4.69, 9.17) is 0 Å². The highest BCUT2D eigenvalue weighted by atomic mass is 32.2. The summed E-state index contributed by atoms with van der Waals surface area (Å²) in [6.45, 7) is 8.13. The zero-order chi connectivity index (χ0) is 20.7. The van der Waals surface area contributed by atoms with Gasteiger partial charge in [0.2, 0.25) is 5.91 Å². The van der Waals surface area contributed by atoms with Crippen LogP contribution >= 0.6 is 11.8 Å². The molecule has 3 heterocycles. The minimum Gasteiger partial charge on any atom is -0.337 e. The van der Waals surface area contributed by atoms with Crippen LogP contribution in [0.1, 0.15) is 53.0 Å². The standard InChI is InChI=1S/C19H29N5O3S/c1-11(2)23-15-16(21(5)19(27)22(6)17(15)26)20-18(23)28-10-14(25)24-12(3)8-7-9-13(24)4/h11-13H,7-10H2,1-6H3/t12-,13+. The number of rotatable bonds is 4. The van der Waals surface area contributed by atoms with Crippen LogP contribution in [-0.4, -0.2) is 47.3 Å². The molecule has 154 valence electrons. The molecule has 0 aromatic carbocycles. The molecule has 0 saturated carbocycles. The van der Waals surface area contributed by atoms with Crippen LogP contribution < -0.4 is 11.2 Å². The van der Waals surface area contributed by atoms with E-state index in [9.17, 15) is 14.4 Å². The maximum atomic E-state index is 12.9. The van der Waals surface area contributed by atoms with Gasteiger partial charge in [-0.05, 0) is 47.0 Å². The normalized spacial score (nSPS) is 20.3. The number of amides is 1. The van der Waals surface area contributed by atoms with E-state index >= 15 is 0 Å². The average molecular weight is 408 g/mol. The lowest BCUT2D eigenvalue weighted by Gasteiger charge is -2.39. The highest BCUT2D eigenvalue weighted by Gasteiger charge is 2.29. The number of nitrogens with zero attached hydrogens (tertiary/aromatic N) is 5. The number of piperidine rings is 1. The first-order valence-corrected chi connectivity index (χ1v) is 10.8. The minimum atomic E-state index is -0.408. The van der Waals surface area contributed by atoms with Crippen LogP contribution in [0, 0.1) is 0 Å². The lowest BCUT2D eigenvalue weighted by molar-refractivity contribution is -0.134. The van der Waals surface area contributed by atoms with Crippen molar-refractivity contribution < 1.29 is 4.79 Å². The van der Waals surface area contributed by atoms with Crippen molar-refractivity contribution in [2.45, 2.75) is 70.2 Å². The van der Waals surface area contributed by atoms with Crippen LogP contribution in [0.2, 0.25) is 0 Å². The van der Waals surface area contributed by atoms with E-state index in [1.807, 2.05) is 23.3 Å². The summed E-state index contributed by atoms with van der Waals surface area (Å²) < 4.78 is 4.31. The quantitative estimate of drug-likeness (QED) is 0.723. The number of hydrogen-bond acceptors (Lipinski definition) is 5. The van der Waals surface area contributed by atoms with E-state index in [1.54, 1.807) is 7.05 Å². The Balaban J connectivity index is 1.97. The molecule has 0 bridgehead atoms. The van der Waals surface area contributed by atoms with Crippen LogP contribution in [0.5, 0.6) is 0 Å². The number of fused-ring (bicyclic) bond motifs is 1. The topological polar surface area (TPSA) is 82.1 Å². The Hall–Kier alpha value is -2.03. The van der Waals surface area contributed by atoms with E-state index in [0.717, 1.165) is 23.8 Å². The fourth-order valence-corrected chi connectivity index (χ4v) is 5.08. The fraction of sp³-hybridized carbons (Fsp3) is 0.684. The minimum absolute atomic E-state index is 0.0272. The Morgan fingerprint density at radius 2 is 1.75 bits per heavy atom. The molecule has 0 radical (unpaired) electrons. The van der Waals surface area contributed by atoms with Crippen molar-refractivity contribution in [1.29, 1.82) is 0 Å². The van der Waals surface area contributed by atoms with Gasteiger partial charge < -0.3 is 9.47 Å². The number of likely N-dealkylation sites (tertiary alicyclic amines) is 1. The summed E-state index contributed by atoms with van der Waals surface area (Å²) in [7, 11) is 3.08. The molecule has 1 aliphatic rings. The average Bonchev–Trinajstić information content (AvgIpc) is 3.03.